The van der Waals surface area contributed by atoms with Crippen molar-refractivity contribution in [3.05, 3.63) is 81.8 Å². The largest absolute Gasteiger partial charge is 0.478 e. The molecule has 0 fully saturated rings. The number of nitrogens with one attached hydrogen (secondary N) is 1. The summed E-state index contributed by atoms with van der Waals surface area (Å²) in [6, 6.07) is 16.8. The SMILES string of the molecule is O=C(O)c1cccc(S(=O)(=O)Nc2ccccc2)c1Oc1ccc(Br)cc1Cl. The van der Waals surface area contributed by atoms with Crippen molar-refractivity contribution in [2.45, 2.75) is 4.90 Å². The molecule has 3 aromatic carbocycles. The summed E-state index contributed by atoms with van der Waals surface area (Å²) >= 11 is 9.40. The molecule has 0 heterocycles. The van der Waals surface area contributed by atoms with Gasteiger partial charge in [-0.15, -0.1) is 0 Å². The zero-order valence-electron chi connectivity index (χ0n) is 14.1. The lowest BCUT2D eigenvalue weighted by Gasteiger charge is -2.16. The number of hydrogen-bond acceptors (Lipinski definition) is 4. The fourth-order valence-corrected chi connectivity index (χ4v) is 4.31. The van der Waals surface area contributed by atoms with Crippen LogP contribution in [-0.2, 0) is 10.0 Å². The van der Waals surface area contributed by atoms with Crippen LogP contribution in [-0.4, -0.2) is 19.5 Å². The van der Waals surface area contributed by atoms with E-state index in [1.807, 2.05) is 0 Å². The second kappa shape index (κ2) is 8.22. The maximum absolute atomic E-state index is 12.9. The molecular formula is C19H13BrClNO5S. The van der Waals surface area contributed by atoms with E-state index in [9.17, 15) is 18.3 Å². The van der Waals surface area contributed by atoms with Crippen LogP contribution in [0.2, 0.25) is 5.02 Å². The molecule has 3 rings (SSSR count). The summed E-state index contributed by atoms with van der Waals surface area (Å²) in [5.74, 6) is -1.54. The third-order valence-electron chi connectivity index (χ3n) is 3.63. The van der Waals surface area contributed by atoms with Crippen LogP contribution in [0.3, 0.4) is 0 Å². The number of hydrogen-bond donors (Lipinski definition) is 2. The molecule has 0 unspecified atom stereocenters. The third kappa shape index (κ3) is 4.46. The molecule has 0 aromatic heterocycles. The van der Waals surface area contributed by atoms with E-state index in [2.05, 4.69) is 20.7 Å². The number of carboxylic acid groups (broad SMARTS) is 1. The Morgan fingerprint density at radius 3 is 2.39 bits per heavy atom. The summed E-state index contributed by atoms with van der Waals surface area (Å²) in [4.78, 5) is 11.3. The summed E-state index contributed by atoms with van der Waals surface area (Å²) in [5.41, 5.74) is 0.0192. The lowest BCUT2D eigenvalue weighted by molar-refractivity contribution is 0.0693. The first-order valence-electron chi connectivity index (χ1n) is 7.85. The summed E-state index contributed by atoms with van der Waals surface area (Å²) in [7, 11) is -4.13. The van der Waals surface area contributed by atoms with Crippen molar-refractivity contribution in [1.29, 1.82) is 0 Å². The maximum Gasteiger partial charge on any atom is 0.339 e. The highest BCUT2D eigenvalue weighted by molar-refractivity contribution is 9.10. The normalized spacial score (nSPS) is 11.1. The predicted octanol–water partition coefficient (Wildman–Crippen LogP) is 5.39. The number of aromatic carboxylic acids is 1. The van der Waals surface area contributed by atoms with Crippen molar-refractivity contribution >= 4 is 49.2 Å². The van der Waals surface area contributed by atoms with E-state index in [1.54, 1.807) is 42.5 Å². The summed E-state index contributed by atoms with van der Waals surface area (Å²) < 4.78 is 34.6. The number of carboxylic acids is 1. The predicted molar refractivity (Wildman–Crippen MR) is 110 cm³/mol. The van der Waals surface area contributed by atoms with Crippen molar-refractivity contribution in [3.8, 4) is 11.5 Å². The average Bonchev–Trinajstić information content (AvgIpc) is 2.64. The summed E-state index contributed by atoms with van der Waals surface area (Å²) in [6.07, 6.45) is 0. The zero-order valence-corrected chi connectivity index (χ0v) is 17.3. The van der Waals surface area contributed by atoms with Gasteiger partial charge in [0, 0.05) is 10.2 Å². The standard InChI is InChI=1S/C19H13BrClNO5S/c20-12-9-10-16(15(21)11-12)27-18-14(19(23)24)7-4-8-17(18)28(25,26)22-13-5-2-1-3-6-13/h1-11,22H,(H,23,24). The first-order valence-corrected chi connectivity index (χ1v) is 10.5. The molecule has 0 bridgehead atoms. The molecule has 0 saturated carbocycles. The molecule has 0 radical (unpaired) electrons. The van der Waals surface area contributed by atoms with Crippen molar-refractivity contribution in [1.82, 2.24) is 0 Å². The third-order valence-corrected chi connectivity index (χ3v) is 5.82. The van der Waals surface area contributed by atoms with E-state index in [1.165, 1.54) is 24.3 Å². The lowest BCUT2D eigenvalue weighted by Crippen LogP contribution is -2.15. The van der Waals surface area contributed by atoms with Crippen LogP contribution in [0, 0.1) is 0 Å². The van der Waals surface area contributed by atoms with Crippen LogP contribution in [0.15, 0.2) is 76.1 Å². The van der Waals surface area contributed by atoms with Gasteiger partial charge in [0.05, 0.1) is 5.02 Å². The number of carbonyl (C=O) groups is 1. The van der Waals surface area contributed by atoms with Crippen LogP contribution in [0.5, 0.6) is 11.5 Å². The first kappa shape index (κ1) is 20.2. The number of sulfonamides is 1. The minimum absolute atomic E-state index is 0.120. The Labute approximate surface area is 174 Å². The topological polar surface area (TPSA) is 92.7 Å². The molecule has 0 aliphatic rings. The van der Waals surface area contributed by atoms with Crippen LogP contribution in [0.4, 0.5) is 5.69 Å². The van der Waals surface area contributed by atoms with Gasteiger partial charge < -0.3 is 9.84 Å². The number of anilines is 1. The smallest absolute Gasteiger partial charge is 0.339 e. The Bertz CT molecular complexity index is 1140. The number of benzene rings is 3. The van der Waals surface area contributed by atoms with Gasteiger partial charge in [-0.2, -0.15) is 0 Å². The number of para-hydroxylation sites is 2. The van der Waals surface area contributed by atoms with E-state index < -0.39 is 16.0 Å². The fourth-order valence-electron chi connectivity index (χ4n) is 2.39. The van der Waals surface area contributed by atoms with Gasteiger partial charge >= 0.3 is 5.97 Å². The fraction of sp³-hybridized carbons (Fsp3) is 0. The molecule has 144 valence electrons. The van der Waals surface area contributed by atoms with Gasteiger partial charge in [0.1, 0.15) is 16.2 Å². The molecule has 0 aliphatic heterocycles. The molecule has 9 heteroatoms. The quantitative estimate of drug-likeness (QED) is 0.491. The Balaban J connectivity index is 2.11. The highest BCUT2D eigenvalue weighted by Gasteiger charge is 2.26. The maximum atomic E-state index is 12.9. The van der Waals surface area contributed by atoms with Crippen LogP contribution >= 0.6 is 27.5 Å². The van der Waals surface area contributed by atoms with Crippen LogP contribution in [0.1, 0.15) is 10.4 Å². The van der Waals surface area contributed by atoms with Crippen molar-refractivity contribution in [2.75, 3.05) is 4.72 Å². The average molecular weight is 483 g/mol. The summed E-state index contributed by atoms with van der Waals surface area (Å²) in [6.45, 7) is 0. The number of halogens is 2. The van der Waals surface area contributed by atoms with Crippen LogP contribution in [0.25, 0.3) is 0 Å². The second-order valence-electron chi connectivity index (χ2n) is 5.59. The molecule has 3 aromatic rings. The van der Waals surface area contributed by atoms with E-state index >= 15 is 0 Å². The molecule has 0 spiro atoms. The van der Waals surface area contributed by atoms with Gasteiger partial charge in [0.25, 0.3) is 10.0 Å². The van der Waals surface area contributed by atoms with E-state index in [-0.39, 0.29) is 27.0 Å². The van der Waals surface area contributed by atoms with Crippen LogP contribution < -0.4 is 9.46 Å². The van der Waals surface area contributed by atoms with Gasteiger partial charge in [-0.25, -0.2) is 13.2 Å². The van der Waals surface area contributed by atoms with Gasteiger partial charge in [-0.05, 0) is 42.5 Å². The van der Waals surface area contributed by atoms with Crippen molar-refractivity contribution in [2.24, 2.45) is 0 Å². The molecule has 0 aliphatic carbocycles. The van der Waals surface area contributed by atoms with E-state index in [0.717, 1.165) is 0 Å². The molecule has 0 saturated heterocycles. The zero-order chi connectivity index (χ0) is 20.3. The monoisotopic (exact) mass is 481 g/mol. The van der Waals surface area contributed by atoms with Gasteiger partial charge in [-0.1, -0.05) is 51.8 Å². The lowest BCUT2D eigenvalue weighted by atomic mass is 10.2. The van der Waals surface area contributed by atoms with Gasteiger partial charge in [-0.3, -0.25) is 4.72 Å². The molecular weight excluding hydrogens is 470 g/mol. The summed E-state index contributed by atoms with van der Waals surface area (Å²) in [5, 5.41) is 9.69. The molecule has 0 amide bonds. The van der Waals surface area contributed by atoms with Crippen molar-refractivity contribution in [3.63, 3.8) is 0 Å². The highest BCUT2D eigenvalue weighted by atomic mass is 79.9. The molecule has 6 nitrogen and oxygen atoms in total. The Morgan fingerprint density at radius 1 is 1.04 bits per heavy atom. The minimum atomic E-state index is -4.13. The highest BCUT2D eigenvalue weighted by Crippen LogP contribution is 2.37. The van der Waals surface area contributed by atoms with E-state index in [0.29, 0.717) is 10.2 Å². The van der Waals surface area contributed by atoms with Gasteiger partial charge in [0.15, 0.2) is 5.75 Å². The minimum Gasteiger partial charge on any atom is -0.478 e. The Kier molecular flexibility index (Phi) is 5.93. The Hall–Kier alpha value is -2.55. The molecule has 2 N–H and O–H groups in total. The molecule has 28 heavy (non-hydrogen) atoms. The first-order chi connectivity index (χ1) is 13.3. The van der Waals surface area contributed by atoms with Crippen molar-refractivity contribution < 1.29 is 23.1 Å². The Morgan fingerprint density at radius 2 is 1.75 bits per heavy atom. The van der Waals surface area contributed by atoms with Gasteiger partial charge in [0.2, 0.25) is 0 Å². The number of ether oxygens (including phenoxy) is 1. The van der Waals surface area contributed by atoms with E-state index in [4.69, 9.17) is 16.3 Å². The molecule has 0 atom stereocenters. The second-order valence-corrected chi connectivity index (χ2v) is 8.56. The number of rotatable bonds is 6.